The number of ether oxygens (including phenoxy) is 1. The number of benzene rings is 1. The van der Waals surface area contributed by atoms with Crippen LogP contribution in [0.3, 0.4) is 0 Å². The Bertz CT molecular complexity index is 946. The van der Waals surface area contributed by atoms with E-state index in [1.165, 1.54) is 4.90 Å². The molecule has 3 rings (SSSR count). The monoisotopic (exact) mass is 504 g/mol. The van der Waals surface area contributed by atoms with Gasteiger partial charge >= 0.3 is 6.09 Å². The first-order valence-corrected chi connectivity index (χ1v) is 11.7. The van der Waals surface area contributed by atoms with Crippen LogP contribution in [-0.4, -0.2) is 64.1 Å². The first kappa shape index (κ1) is 26.6. The molecule has 0 bridgehead atoms. The molecular formula is C24H32ClF3N2O4. The van der Waals surface area contributed by atoms with Crippen molar-refractivity contribution < 1.29 is 32.6 Å². The Labute approximate surface area is 203 Å². The number of amides is 2. The second-order valence-corrected chi connectivity index (χ2v) is 11.1. The molecule has 2 amide bonds. The van der Waals surface area contributed by atoms with Crippen LogP contribution in [0.2, 0.25) is 5.02 Å². The third-order valence-electron chi connectivity index (χ3n) is 6.64. The van der Waals surface area contributed by atoms with E-state index in [4.69, 9.17) is 16.3 Å². The van der Waals surface area contributed by atoms with Gasteiger partial charge in [-0.15, -0.1) is 0 Å². The fourth-order valence-corrected chi connectivity index (χ4v) is 5.40. The van der Waals surface area contributed by atoms with E-state index in [1.54, 1.807) is 47.6 Å². The summed E-state index contributed by atoms with van der Waals surface area (Å²) in [5.74, 6) is -5.75. The summed E-state index contributed by atoms with van der Waals surface area (Å²) in [6, 6.07) is 1.32. The number of rotatable bonds is 2. The number of aryl methyl sites for hydroxylation is 1. The highest BCUT2D eigenvalue weighted by molar-refractivity contribution is 6.30. The number of alkyl halides is 2. The molecule has 0 spiro atoms. The summed E-state index contributed by atoms with van der Waals surface area (Å²) in [7, 11) is 0. The molecule has 4 atom stereocenters. The molecule has 6 nitrogen and oxygen atoms in total. The molecule has 190 valence electrons. The smallest absolute Gasteiger partial charge is 0.411 e. The van der Waals surface area contributed by atoms with Crippen LogP contribution in [0, 0.1) is 24.6 Å². The third-order valence-corrected chi connectivity index (χ3v) is 6.86. The van der Waals surface area contributed by atoms with Gasteiger partial charge < -0.3 is 14.7 Å². The zero-order valence-corrected chi connectivity index (χ0v) is 21.0. The number of hydrogen-bond donors (Lipinski definition) is 1. The summed E-state index contributed by atoms with van der Waals surface area (Å²) in [6.45, 7) is 8.95. The average molecular weight is 505 g/mol. The molecule has 1 unspecified atom stereocenters. The molecular weight excluding hydrogens is 473 g/mol. The summed E-state index contributed by atoms with van der Waals surface area (Å²) in [5, 5.41) is 11.8. The Hall–Kier alpha value is -2.00. The maximum Gasteiger partial charge on any atom is 0.411 e. The molecule has 2 saturated heterocycles. The van der Waals surface area contributed by atoms with Gasteiger partial charge in [0.05, 0.1) is 6.54 Å². The minimum Gasteiger partial charge on any atom is -0.444 e. The van der Waals surface area contributed by atoms with E-state index in [1.807, 2.05) is 0 Å². The van der Waals surface area contributed by atoms with Crippen molar-refractivity contribution in [2.24, 2.45) is 11.8 Å². The largest absolute Gasteiger partial charge is 0.444 e. The SMILES string of the molecule is Cc1cc(Cl)cc(F)c1C1(O)[C@H](C)CN(C(=O)[C@@H]2CC(F)(F)CN2C(=O)OC(C)(C)C)C[C@@H]1C. The highest BCUT2D eigenvalue weighted by Gasteiger charge is 2.54. The highest BCUT2D eigenvalue weighted by atomic mass is 35.5. The molecule has 1 aromatic rings. The zero-order valence-electron chi connectivity index (χ0n) is 20.3. The molecule has 2 aliphatic heterocycles. The number of likely N-dealkylation sites (tertiary alicyclic amines) is 2. The number of carbonyl (C=O) groups excluding carboxylic acids is 2. The van der Waals surface area contributed by atoms with Crippen molar-refractivity contribution in [2.75, 3.05) is 19.6 Å². The first-order chi connectivity index (χ1) is 15.5. The van der Waals surface area contributed by atoms with Gasteiger partial charge in [0.25, 0.3) is 5.92 Å². The number of aliphatic hydroxyl groups is 1. The molecule has 0 aromatic heterocycles. The maximum atomic E-state index is 14.9. The summed E-state index contributed by atoms with van der Waals surface area (Å²) in [6.07, 6.45) is -1.78. The Morgan fingerprint density at radius 2 is 1.74 bits per heavy atom. The summed E-state index contributed by atoms with van der Waals surface area (Å²) >= 11 is 5.94. The maximum absolute atomic E-state index is 14.9. The molecule has 10 heteroatoms. The van der Waals surface area contributed by atoms with Gasteiger partial charge in [0, 0.05) is 41.9 Å². The van der Waals surface area contributed by atoms with Crippen LogP contribution in [0.1, 0.15) is 52.2 Å². The van der Waals surface area contributed by atoms with Crippen LogP contribution in [0.5, 0.6) is 0 Å². The summed E-state index contributed by atoms with van der Waals surface area (Å²) in [5.41, 5.74) is -1.91. The second-order valence-electron chi connectivity index (χ2n) is 10.6. The molecule has 1 aromatic carbocycles. The van der Waals surface area contributed by atoms with Crippen LogP contribution in [0.15, 0.2) is 12.1 Å². The Kier molecular flexibility index (Phi) is 6.96. The number of hydrogen-bond acceptors (Lipinski definition) is 4. The Balaban J connectivity index is 1.86. The van der Waals surface area contributed by atoms with Crippen LogP contribution >= 0.6 is 11.6 Å². The Morgan fingerprint density at radius 1 is 1.18 bits per heavy atom. The lowest BCUT2D eigenvalue weighted by atomic mass is 9.69. The van der Waals surface area contributed by atoms with Crippen molar-refractivity contribution in [2.45, 2.75) is 71.1 Å². The lowest BCUT2D eigenvalue weighted by Gasteiger charge is -2.49. The van der Waals surface area contributed by atoms with E-state index in [-0.39, 0.29) is 23.7 Å². The molecule has 0 saturated carbocycles. The average Bonchev–Trinajstić information content (AvgIpc) is 2.99. The zero-order chi connectivity index (χ0) is 25.8. The second kappa shape index (κ2) is 8.90. The quantitative estimate of drug-likeness (QED) is 0.632. The molecule has 0 radical (unpaired) electrons. The lowest BCUT2D eigenvalue weighted by molar-refractivity contribution is -0.153. The predicted octanol–water partition coefficient (Wildman–Crippen LogP) is 4.73. The fourth-order valence-electron chi connectivity index (χ4n) is 5.14. The normalized spacial score (nSPS) is 29.3. The van der Waals surface area contributed by atoms with Gasteiger partial charge in [-0.3, -0.25) is 9.69 Å². The fraction of sp³-hybridized carbons (Fsp3) is 0.667. The first-order valence-electron chi connectivity index (χ1n) is 11.3. The molecule has 2 fully saturated rings. The van der Waals surface area contributed by atoms with Crippen molar-refractivity contribution in [1.29, 1.82) is 0 Å². The van der Waals surface area contributed by atoms with Crippen LogP contribution < -0.4 is 0 Å². The topological polar surface area (TPSA) is 70.1 Å². The number of nitrogens with zero attached hydrogens (tertiary/aromatic N) is 2. The molecule has 0 aliphatic carbocycles. The van der Waals surface area contributed by atoms with Crippen LogP contribution in [0.4, 0.5) is 18.0 Å². The van der Waals surface area contributed by atoms with Gasteiger partial charge in [0.1, 0.15) is 23.1 Å². The van der Waals surface area contributed by atoms with Gasteiger partial charge in [0.2, 0.25) is 5.91 Å². The standard InChI is InChI=1S/C24H32ClF3N2O4/c1-13-7-16(25)8-17(26)19(13)24(33)14(2)10-29(11-15(24)3)20(31)18-9-23(27,28)12-30(18)21(32)34-22(4,5)6/h7-8,14-15,18,33H,9-12H2,1-6H3/t14-,15+,18-,24?/m0/s1. The van der Waals surface area contributed by atoms with E-state index >= 15 is 0 Å². The predicted molar refractivity (Wildman–Crippen MR) is 121 cm³/mol. The third kappa shape index (κ3) is 5.00. The van der Waals surface area contributed by atoms with Crippen molar-refractivity contribution in [3.63, 3.8) is 0 Å². The number of piperidine rings is 1. The lowest BCUT2D eigenvalue weighted by Crippen LogP contribution is -2.59. The van der Waals surface area contributed by atoms with Gasteiger partial charge in [-0.05, 0) is 45.4 Å². The van der Waals surface area contributed by atoms with Crippen molar-refractivity contribution in [3.05, 3.63) is 34.1 Å². The summed E-state index contributed by atoms with van der Waals surface area (Å²) in [4.78, 5) is 28.1. The number of halogens is 4. The van der Waals surface area contributed by atoms with Gasteiger partial charge in [-0.25, -0.2) is 18.0 Å². The van der Waals surface area contributed by atoms with E-state index in [2.05, 4.69) is 0 Å². The van der Waals surface area contributed by atoms with Gasteiger partial charge in [-0.1, -0.05) is 25.4 Å². The highest BCUT2D eigenvalue weighted by Crippen LogP contribution is 2.45. The van der Waals surface area contributed by atoms with Gasteiger partial charge in [-0.2, -0.15) is 0 Å². The van der Waals surface area contributed by atoms with Crippen LogP contribution in [0.25, 0.3) is 0 Å². The number of carbonyl (C=O) groups is 2. The van der Waals surface area contributed by atoms with E-state index in [0.29, 0.717) is 5.56 Å². The van der Waals surface area contributed by atoms with Crippen molar-refractivity contribution in [3.8, 4) is 0 Å². The molecule has 1 N–H and O–H groups in total. The van der Waals surface area contributed by atoms with Gasteiger partial charge in [0.15, 0.2) is 0 Å². The van der Waals surface area contributed by atoms with Crippen LogP contribution in [-0.2, 0) is 15.1 Å². The molecule has 2 aliphatic rings. The molecule has 2 heterocycles. The van der Waals surface area contributed by atoms with Crippen molar-refractivity contribution in [1.82, 2.24) is 9.80 Å². The van der Waals surface area contributed by atoms with E-state index < -0.39 is 65.8 Å². The summed E-state index contributed by atoms with van der Waals surface area (Å²) < 4.78 is 48.7. The Morgan fingerprint density at radius 3 is 2.24 bits per heavy atom. The van der Waals surface area contributed by atoms with Crippen molar-refractivity contribution >= 4 is 23.6 Å². The van der Waals surface area contributed by atoms with E-state index in [9.17, 15) is 27.9 Å². The minimum absolute atomic E-state index is 0.00537. The molecule has 34 heavy (non-hydrogen) atoms. The van der Waals surface area contributed by atoms with E-state index in [0.717, 1.165) is 11.0 Å². The minimum atomic E-state index is -3.23.